The first kappa shape index (κ1) is 15.7. The number of aryl methyl sites for hydroxylation is 2. The largest absolute Gasteiger partial charge is 0.372 e. The predicted molar refractivity (Wildman–Crippen MR) is 90.3 cm³/mol. The van der Waals surface area contributed by atoms with E-state index in [0.717, 1.165) is 29.9 Å². The van der Waals surface area contributed by atoms with E-state index in [2.05, 4.69) is 16.1 Å². The number of methoxy groups -OCH3 is 1. The molecular formula is C18H23N3O2. The number of imidazole rings is 1. The molecule has 3 rings (SSSR count). The van der Waals surface area contributed by atoms with Gasteiger partial charge in [0.2, 0.25) is 0 Å². The molecule has 122 valence electrons. The molecule has 0 aliphatic carbocycles. The summed E-state index contributed by atoms with van der Waals surface area (Å²) < 4.78 is 7.40. The zero-order chi connectivity index (χ0) is 16.2. The van der Waals surface area contributed by atoms with E-state index < -0.39 is 6.10 Å². The first-order chi connectivity index (χ1) is 11.2. The van der Waals surface area contributed by atoms with Crippen molar-refractivity contribution in [1.82, 2.24) is 9.55 Å². The Balaban J connectivity index is 1.72. The molecule has 5 heteroatoms. The Kier molecular flexibility index (Phi) is 4.76. The number of nitrogens with zero attached hydrogens (tertiary/aromatic N) is 2. The van der Waals surface area contributed by atoms with Gasteiger partial charge in [-0.05, 0) is 31.4 Å². The number of hydrogen-bond acceptors (Lipinski definition) is 3. The van der Waals surface area contributed by atoms with Crippen molar-refractivity contribution in [3.8, 4) is 11.3 Å². The number of nitrogens with one attached hydrogen (secondary N) is 1. The number of amides is 1. The standard InChI is InChI=1S/C18H23N3O2/c1-3-16(23-2)18(22)19-14-9-7-13(8-10-14)15-12-21-11-5-4-6-17(21)20-15/h7-10,12,16H,3-6,11H2,1-2H3,(H,19,22). The Bertz CT molecular complexity index is 649. The molecule has 0 spiro atoms. The van der Waals surface area contributed by atoms with E-state index in [9.17, 15) is 4.79 Å². The van der Waals surface area contributed by atoms with Crippen LogP contribution in [0.4, 0.5) is 5.69 Å². The van der Waals surface area contributed by atoms with Gasteiger partial charge in [-0.25, -0.2) is 4.98 Å². The maximum atomic E-state index is 12.0. The summed E-state index contributed by atoms with van der Waals surface area (Å²) in [5, 5.41) is 2.88. The highest BCUT2D eigenvalue weighted by atomic mass is 16.5. The van der Waals surface area contributed by atoms with Gasteiger partial charge < -0.3 is 14.6 Å². The normalized spacial score (nSPS) is 15.0. The zero-order valence-corrected chi connectivity index (χ0v) is 13.7. The highest BCUT2D eigenvalue weighted by molar-refractivity contribution is 5.94. The molecule has 1 aliphatic rings. The molecule has 23 heavy (non-hydrogen) atoms. The lowest BCUT2D eigenvalue weighted by Gasteiger charge is -2.13. The van der Waals surface area contributed by atoms with E-state index in [1.54, 1.807) is 7.11 Å². The number of carbonyl (C=O) groups excluding carboxylic acids is 1. The molecule has 1 atom stereocenters. The zero-order valence-electron chi connectivity index (χ0n) is 13.7. The number of aromatic nitrogens is 2. The Morgan fingerprint density at radius 2 is 2.13 bits per heavy atom. The molecule has 1 N–H and O–H groups in total. The minimum absolute atomic E-state index is 0.111. The van der Waals surface area contributed by atoms with Crippen LogP contribution < -0.4 is 5.32 Å². The summed E-state index contributed by atoms with van der Waals surface area (Å²) in [6.45, 7) is 2.99. The molecule has 0 saturated heterocycles. The van der Waals surface area contributed by atoms with Crippen LogP contribution in [0.25, 0.3) is 11.3 Å². The van der Waals surface area contributed by atoms with Crippen molar-refractivity contribution < 1.29 is 9.53 Å². The van der Waals surface area contributed by atoms with E-state index in [1.807, 2.05) is 31.2 Å². The molecule has 1 aromatic heterocycles. The van der Waals surface area contributed by atoms with Crippen molar-refractivity contribution in [2.75, 3.05) is 12.4 Å². The fraction of sp³-hybridized carbons (Fsp3) is 0.444. The first-order valence-electron chi connectivity index (χ1n) is 8.21. The van der Waals surface area contributed by atoms with Gasteiger partial charge in [-0.1, -0.05) is 19.1 Å². The summed E-state index contributed by atoms with van der Waals surface area (Å²) in [5.41, 5.74) is 2.85. The number of hydrogen-bond donors (Lipinski definition) is 1. The van der Waals surface area contributed by atoms with Crippen molar-refractivity contribution >= 4 is 11.6 Å². The molecule has 2 aromatic rings. The molecular weight excluding hydrogens is 290 g/mol. The van der Waals surface area contributed by atoms with Crippen LogP contribution in [0, 0.1) is 0 Å². The van der Waals surface area contributed by atoms with Crippen LogP contribution in [-0.4, -0.2) is 28.7 Å². The molecule has 0 bridgehead atoms. The average Bonchev–Trinajstić information content (AvgIpc) is 3.00. The third-order valence-electron chi connectivity index (χ3n) is 4.30. The van der Waals surface area contributed by atoms with Gasteiger partial charge in [0.05, 0.1) is 5.69 Å². The van der Waals surface area contributed by atoms with Crippen molar-refractivity contribution in [3.05, 3.63) is 36.3 Å². The minimum atomic E-state index is -0.408. The third-order valence-corrected chi connectivity index (χ3v) is 4.30. The number of fused-ring (bicyclic) bond motifs is 1. The van der Waals surface area contributed by atoms with Crippen molar-refractivity contribution in [1.29, 1.82) is 0 Å². The van der Waals surface area contributed by atoms with E-state index >= 15 is 0 Å². The smallest absolute Gasteiger partial charge is 0.253 e. The quantitative estimate of drug-likeness (QED) is 0.922. The summed E-state index contributed by atoms with van der Waals surface area (Å²) in [6.07, 6.45) is 5.88. The second kappa shape index (κ2) is 6.96. The molecule has 1 aromatic carbocycles. The molecule has 1 unspecified atom stereocenters. The number of ether oxygens (including phenoxy) is 1. The van der Waals surface area contributed by atoms with Gasteiger partial charge in [0.25, 0.3) is 5.91 Å². The fourth-order valence-electron chi connectivity index (χ4n) is 2.96. The molecule has 1 aliphatic heterocycles. The van der Waals surface area contributed by atoms with Gasteiger partial charge in [0, 0.05) is 37.5 Å². The summed E-state index contributed by atoms with van der Waals surface area (Å²) in [5.74, 6) is 1.06. The summed E-state index contributed by atoms with van der Waals surface area (Å²) >= 11 is 0. The van der Waals surface area contributed by atoms with Gasteiger partial charge in [0.1, 0.15) is 11.9 Å². The van der Waals surface area contributed by atoms with Gasteiger partial charge >= 0.3 is 0 Å². The van der Waals surface area contributed by atoms with Gasteiger partial charge in [-0.3, -0.25) is 4.79 Å². The maximum absolute atomic E-state index is 12.0. The summed E-state index contributed by atoms with van der Waals surface area (Å²) in [7, 11) is 1.55. The fourth-order valence-corrected chi connectivity index (χ4v) is 2.96. The monoisotopic (exact) mass is 313 g/mol. The first-order valence-corrected chi connectivity index (χ1v) is 8.21. The molecule has 0 saturated carbocycles. The van der Waals surface area contributed by atoms with E-state index in [1.165, 1.54) is 18.7 Å². The van der Waals surface area contributed by atoms with Crippen LogP contribution in [0.3, 0.4) is 0 Å². The van der Waals surface area contributed by atoms with Crippen LogP contribution in [0.15, 0.2) is 30.5 Å². The van der Waals surface area contributed by atoms with Crippen molar-refractivity contribution in [3.63, 3.8) is 0 Å². The second-order valence-electron chi connectivity index (χ2n) is 5.89. The summed E-state index contributed by atoms with van der Waals surface area (Å²) in [6, 6.07) is 7.82. The van der Waals surface area contributed by atoms with Crippen molar-refractivity contribution in [2.45, 2.75) is 45.3 Å². The highest BCUT2D eigenvalue weighted by Gasteiger charge is 2.16. The highest BCUT2D eigenvalue weighted by Crippen LogP contribution is 2.24. The number of anilines is 1. The predicted octanol–water partition coefficient (Wildman–Crippen LogP) is 3.25. The molecule has 5 nitrogen and oxygen atoms in total. The van der Waals surface area contributed by atoms with Gasteiger partial charge in [-0.15, -0.1) is 0 Å². The summed E-state index contributed by atoms with van der Waals surface area (Å²) in [4.78, 5) is 16.7. The Morgan fingerprint density at radius 1 is 1.35 bits per heavy atom. The number of carbonyl (C=O) groups is 1. The molecule has 0 radical (unpaired) electrons. The Labute approximate surface area is 136 Å². The van der Waals surface area contributed by atoms with E-state index in [4.69, 9.17) is 9.72 Å². The van der Waals surface area contributed by atoms with Gasteiger partial charge in [0.15, 0.2) is 0 Å². The van der Waals surface area contributed by atoms with Gasteiger partial charge in [-0.2, -0.15) is 0 Å². The van der Waals surface area contributed by atoms with Crippen LogP contribution >= 0.6 is 0 Å². The SMILES string of the molecule is CCC(OC)C(=O)Nc1ccc(-c2cn3c(n2)CCCC3)cc1. The Morgan fingerprint density at radius 3 is 2.78 bits per heavy atom. The average molecular weight is 313 g/mol. The second-order valence-corrected chi connectivity index (χ2v) is 5.89. The molecule has 0 fully saturated rings. The third kappa shape index (κ3) is 3.45. The lowest BCUT2D eigenvalue weighted by atomic mass is 10.1. The Hall–Kier alpha value is -2.14. The van der Waals surface area contributed by atoms with Crippen LogP contribution in [0.1, 0.15) is 32.0 Å². The minimum Gasteiger partial charge on any atom is -0.372 e. The van der Waals surface area contributed by atoms with Crippen LogP contribution in [-0.2, 0) is 22.5 Å². The van der Waals surface area contributed by atoms with Crippen molar-refractivity contribution in [2.24, 2.45) is 0 Å². The van der Waals surface area contributed by atoms with Crippen LogP contribution in [0.5, 0.6) is 0 Å². The van der Waals surface area contributed by atoms with E-state index in [-0.39, 0.29) is 5.91 Å². The molecule has 1 amide bonds. The lowest BCUT2D eigenvalue weighted by Crippen LogP contribution is -2.28. The van der Waals surface area contributed by atoms with Crippen LogP contribution in [0.2, 0.25) is 0 Å². The van der Waals surface area contributed by atoms with E-state index in [0.29, 0.717) is 6.42 Å². The molecule has 2 heterocycles. The maximum Gasteiger partial charge on any atom is 0.253 e. The number of benzene rings is 1. The topological polar surface area (TPSA) is 56.1 Å². The lowest BCUT2D eigenvalue weighted by molar-refractivity contribution is -0.125. The number of rotatable bonds is 5.